The Balaban J connectivity index is 2.12. The largest absolute Gasteiger partial charge is 0.305 e. The van der Waals surface area contributed by atoms with Gasteiger partial charge in [0.25, 0.3) is 5.91 Å². The molecular formula is C10H8N4O. The van der Waals surface area contributed by atoms with Crippen LogP contribution in [-0.4, -0.2) is 21.1 Å². The average Bonchev–Trinajstić information content (AvgIpc) is 2.31. The molecule has 0 fully saturated rings. The SMILES string of the molecule is O=C(Nc1cccnn1)c1cccnc1. The van der Waals surface area contributed by atoms with E-state index in [4.69, 9.17) is 0 Å². The van der Waals surface area contributed by atoms with Crippen molar-refractivity contribution in [1.29, 1.82) is 0 Å². The van der Waals surface area contributed by atoms with Gasteiger partial charge in [-0.25, -0.2) is 0 Å². The quantitative estimate of drug-likeness (QED) is 0.788. The standard InChI is InChI=1S/C10H8N4O/c15-10(8-3-1-5-11-7-8)13-9-4-2-6-12-14-9/h1-7H,(H,13,14,15). The first-order chi connectivity index (χ1) is 7.36. The summed E-state index contributed by atoms with van der Waals surface area (Å²) in [4.78, 5) is 15.4. The lowest BCUT2D eigenvalue weighted by molar-refractivity contribution is 0.102. The summed E-state index contributed by atoms with van der Waals surface area (Å²) in [6, 6.07) is 6.75. The molecule has 2 aromatic rings. The summed E-state index contributed by atoms with van der Waals surface area (Å²) in [6.07, 6.45) is 4.64. The number of rotatable bonds is 2. The number of amides is 1. The summed E-state index contributed by atoms with van der Waals surface area (Å²) in [6.45, 7) is 0. The summed E-state index contributed by atoms with van der Waals surface area (Å²) in [5.41, 5.74) is 0.489. The Kier molecular flexibility index (Phi) is 2.64. The Morgan fingerprint density at radius 1 is 1.20 bits per heavy atom. The third kappa shape index (κ3) is 2.34. The lowest BCUT2D eigenvalue weighted by atomic mass is 10.3. The molecule has 0 aliphatic heterocycles. The van der Waals surface area contributed by atoms with Crippen molar-refractivity contribution in [1.82, 2.24) is 15.2 Å². The first-order valence-electron chi connectivity index (χ1n) is 4.35. The van der Waals surface area contributed by atoms with Gasteiger partial charge in [0.15, 0.2) is 5.82 Å². The molecule has 0 saturated heterocycles. The van der Waals surface area contributed by atoms with Crippen LogP contribution >= 0.6 is 0 Å². The normalized spacial score (nSPS) is 9.60. The van der Waals surface area contributed by atoms with E-state index in [1.807, 2.05) is 0 Å². The highest BCUT2D eigenvalue weighted by atomic mass is 16.1. The van der Waals surface area contributed by atoms with Gasteiger partial charge in [-0.1, -0.05) is 0 Å². The fraction of sp³-hybridized carbons (Fsp3) is 0. The molecule has 2 aromatic heterocycles. The van der Waals surface area contributed by atoms with Crippen LogP contribution in [-0.2, 0) is 0 Å². The van der Waals surface area contributed by atoms with Gasteiger partial charge in [-0.05, 0) is 24.3 Å². The molecule has 0 radical (unpaired) electrons. The first-order valence-corrected chi connectivity index (χ1v) is 4.35. The zero-order valence-corrected chi connectivity index (χ0v) is 7.79. The summed E-state index contributed by atoms with van der Waals surface area (Å²) in [7, 11) is 0. The van der Waals surface area contributed by atoms with Crippen molar-refractivity contribution in [3.8, 4) is 0 Å². The van der Waals surface area contributed by atoms with Crippen molar-refractivity contribution < 1.29 is 4.79 Å². The van der Waals surface area contributed by atoms with Gasteiger partial charge in [-0.15, -0.1) is 5.10 Å². The Labute approximate surface area is 86.2 Å². The van der Waals surface area contributed by atoms with E-state index < -0.39 is 0 Å². The molecule has 0 aliphatic rings. The molecule has 74 valence electrons. The van der Waals surface area contributed by atoms with Gasteiger partial charge in [-0.3, -0.25) is 9.78 Å². The summed E-state index contributed by atoms with van der Waals surface area (Å²) < 4.78 is 0. The Bertz CT molecular complexity index is 443. The summed E-state index contributed by atoms with van der Waals surface area (Å²) >= 11 is 0. The highest BCUT2D eigenvalue weighted by molar-refractivity contribution is 6.03. The lowest BCUT2D eigenvalue weighted by Gasteiger charge is -2.01. The Morgan fingerprint density at radius 2 is 2.07 bits per heavy atom. The summed E-state index contributed by atoms with van der Waals surface area (Å²) in [5, 5.41) is 10.00. The number of aromatic nitrogens is 3. The molecular weight excluding hydrogens is 192 g/mol. The van der Waals surface area contributed by atoms with E-state index in [2.05, 4.69) is 20.5 Å². The zero-order chi connectivity index (χ0) is 10.5. The molecule has 0 spiro atoms. The van der Waals surface area contributed by atoms with Crippen molar-refractivity contribution in [3.63, 3.8) is 0 Å². The minimum absolute atomic E-state index is 0.247. The number of nitrogens with one attached hydrogen (secondary N) is 1. The van der Waals surface area contributed by atoms with E-state index in [1.165, 1.54) is 6.20 Å². The van der Waals surface area contributed by atoms with Gasteiger partial charge >= 0.3 is 0 Å². The Hall–Kier alpha value is -2.30. The second-order valence-corrected chi connectivity index (χ2v) is 2.80. The van der Waals surface area contributed by atoms with Crippen LogP contribution in [0.15, 0.2) is 42.9 Å². The monoisotopic (exact) mass is 200 g/mol. The number of nitrogens with zero attached hydrogens (tertiary/aromatic N) is 3. The van der Waals surface area contributed by atoms with Gasteiger partial charge < -0.3 is 5.32 Å². The van der Waals surface area contributed by atoms with E-state index in [0.29, 0.717) is 11.4 Å². The maximum absolute atomic E-state index is 11.6. The molecule has 2 heterocycles. The van der Waals surface area contributed by atoms with Crippen LogP contribution in [0.3, 0.4) is 0 Å². The summed E-state index contributed by atoms with van der Waals surface area (Å²) in [5.74, 6) is 0.176. The van der Waals surface area contributed by atoms with E-state index in [-0.39, 0.29) is 5.91 Å². The molecule has 15 heavy (non-hydrogen) atoms. The molecule has 0 bridgehead atoms. The lowest BCUT2D eigenvalue weighted by Crippen LogP contribution is -2.13. The number of hydrogen-bond acceptors (Lipinski definition) is 4. The van der Waals surface area contributed by atoms with Gasteiger partial charge in [0.2, 0.25) is 0 Å². The number of anilines is 1. The minimum atomic E-state index is -0.247. The number of carbonyl (C=O) groups is 1. The smallest absolute Gasteiger partial charge is 0.258 e. The molecule has 0 saturated carbocycles. The molecule has 2 rings (SSSR count). The van der Waals surface area contributed by atoms with Crippen molar-refractivity contribution in [2.75, 3.05) is 5.32 Å². The molecule has 1 N–H and O–H groups in total. The fourth-order valence-corrected chi connectivity index (χ4v) is 1.05. The van der Waals surface area contributed by atoms with Crippen LogP contribution in [0.5, 0.6) is 0 Å². The topological polar surface area (TPSA) is 67.8 Å². The number of hydrogen-bond donors (Lipinski definition) is 1. The highest BCUT2D eigenvalue weighted by Crippen LogP contribution is 2.02. The average molecular weight is 200 g/mol. The van der Waals surface area contributed by atoms with Gasteiger partial charge in [0.1, 0.15) is 0 Å². The van der Waals surface area contributed by atoms with Crippen LogP contribution in [0.1, 0.15) is 10.4 Å². The fourth-order valence-electron chi connectivity index (χ4n) is 1.05. The second-order valence-electron chi connectivity index (χ2n) is 2.80. The van der Waals surface area contributed by atoms with Crippen LogP contribution in [0.2, 0.25) is 0 Å². The number of pyridine rings is 1. The van der Waals surface area contributed by atoms with E-state index in [1.54, 1.807) is 36.7 Å². The van der Waals surface area contributed by atoms with Crippen LogP contribution < -0.4 is 5.32 Å². The third-order valence-electron chi connectivity index (χ3n) is 1.74. The maximum atomic E-state index is 11.6. The van der Waals surface area contributed by atoms with Crippen molar-refractivity contribution >= 4 is 11.7 Å². The van der Waals surface area contributed by atoms with Crippen LogP contribution in [0.4, 0.5) is 5.82 Å². The highest BCUT2D eigenvalue weighted by Gasteiger charge is 2.05. The maximum Gasteiger partial charge on any atom is 0.258 e. The van der Waals surface area contributed by atoms with E-state index in [0.717, 1.165) is 0 Å². The van der Waals surface area contributed by atoms with Crippen molar-refractivity contribution in [3.05, 3.63) is 48.4 Å². The van der Waals surface area contributed by atoms with Crippen molar-refractivity contribution in [2.45, 2.75) is 0 Å². The van der Waals surface area contributed by atoms with Crippen LogP contribution in [0.25, 0.3) is 0 Å². The molecule has 0 unspecified atom stereocenters. The second kappa shape index (κ2) is 4.28. The molecule has 0 atom stereocenters. The first kappa shape index (κ1) is 9.26. The molecule has 1 amide bonds. The zero-order valence-electron chi connectivity index (χ0n) is 7.79. The van der Waals surface area contributed by atoms with E-state index >= 15 is 0 Å². The molecule has 0 aromatic carbocycles. The van der Waals surface area contributed by atoms with Crippen molar-refractivity contribution in [2.24, 2.45) is 0 Å². The molecule has 5 heteroatoms. The van der Waals surface area contributed by atoms with Gasteiger partial charge in [0, 0.05) is 18.6 Å². The molecule has 0 aliphatic carbocycles. The third-order valence-corrected chi connectivity index (χ3v) is 1.74. The van der Waals surface area contributed by atoms with Crippen LogP contribution in [0, 0.1) is 0 Å². The predicted molar refractivity (Wildman–Crippen MR) is 54.2 cm³/mol. The van der Waals surface area contributed by atoms with E-state index in [9.17, 15) is 4.79 Å². The van der Waals surface area contributed by atoms with Gasteiger partial charge in [-0.2, -0.15) is 5.10 Å². The minimum Gasteiger partial charge on any atom is -0.305 e. The predicted octanol–water partition coefficient (Wildman–Crippen LogP) is 1.12. The molecule has 5 nitrogen and oxygen atoms in total. The Morgan fingerprint density at radius 3 is 2.73 bits per heavy atom. The van der Waals surface area contributed by atoms with Gasteiger partial charge in [0.05, 0.1) is 5.56 Å². The number of carbonyl (C=O) groups excluding carboxylic acids is 1.